The highest BCUT2D eigenvalue weighted by molar-refractivity contribution is 6.05. The van der Waals surface area contributed by atoms with Crippen molar-refractivity contribution in [3.8, 4) is 5.75 Å². The molecule has 3 rings (SSSR count). The number of unbranched alkanes of at least 4 members (excludes halogenated alkanes) is 2. The Bertz CT molecular complexity index is 888. The number of carbonyl (C=O) groups is 2. The fourth-order valence-corrected chi connectivity index (χ4v) is 3.66. The van der Waals surface area contributed by atoms with Crippen LogP contribution in [0.2, 0.25) is 0 Å². The number of imidazole rings is 1. The number of benzene rings is 1. The van der Waals surface area contributed by atoms with Crippen molar-refractivity contribution in [2.45, 2.75) is 58.9 Å². The van der Waals surface area contributed by atoms with Crippen LogP contribution >= 0.6 is 0 Å². The lowest BCUT2D eigenvalue weighted by Crippen LogP contribution is -2.28. The zero-order valence-corrected chi connectivity index (χ0v) is 17.5. The molecule has 2 N–H and O–H groups in total. The van der Waals surface area contributed by atoms with E-state index in [1.807, 2.05) is 29.7 Å². The Kier molecular flexibility index (Phi) is 6.90. The third-order valence-corrected chi connectivity index (χ3v) is 5.21. The van der Waals surface area contributed by atoms with Crippen molar-refractivity contribution in [2.24, 2.45) is 0 Å². The summed E-state index contributed by atoms with van der Waals surface area (Å²) in [4.78, 5) is 30.2. The number of nitrogens with zero attached hydrogens (tertiary/aromatic N) is 2. The summed E-state index contributed by atoms with van der Waals surface area (Å²) in [6.07, 6.45) is 5.82. The smallest absolute Gasteiger partial charge is 0.287 e. The van der Waals surface area contributed by atoms with E-state index in [1.165, 1.54) is 0 Å². The normalized spacial score (nSPS) is 12.9. The molecular weight excluding hydrogens is 368 g/mol. The van der Waals surface area contributed by atoms with Crippen molar-refractivity contribution in [1.82, 2.24) is 14.9 Å². The highest BCUT2D eigenvalue weighted by Crippen LogP contribution is 2.27. The molecule has 1 aliphatic heterocycles. The van der Waals surface area contributed by atoms with Crippen molar-refractivity contribution in [2.75, 3.05) is 19.0 Å². The van der Waals surface area contributed by atoms with Crippen LogP contribution in [-0.4, -0.2) is 35.0 Å². The van der Waals surface area contributed by atoms with E-state index in [-0.39, 0.29) is 11.8 Å². The maximum absolute atomic E-state index is 13.0. The van der Waals surface area contributed by atoms with Gasteiger partial charge in [-0.05, 0) is 50.3 Å². The Balaban J connectivity index is 1.84. The highest BCUT2D eigenvalue weighted by atomic mass is 16.5. The molecular formula is C22H30N4O3. The molecule has 7 nitrogen and oxygen atoms in total. The number of ether oxygens (including phenoxy) is 1. The SMILES string of the molecule is CCCCCNC(=O)c1nc(C(=O)Nc2cc(C)ccc2OC)c2n1CCCC2. The van der Waals surface area contributed by atoms with Crippen LogP contribution in [0.15, 0.2) is 18.2 Å². The van der Waals surface area contributed by atoms with Crippen LogP contribution in [0.4, 0.5) is 5.69 Å². The highest BCUT2D eigenvalue weighted by Gasteiger charge is 2.27. The number of anilines is 1. The Morgan fingerprint density at radius 3 is 2.79 bits per heavy atom. The minimum atomic E-state index is -0.315. The molecule has 1 aliphatic rings. The first kappa shape index (κ1) is 20.9. The summed E-state index contributed by atoms with van der Waals surface area (Å²) in [5.41, 5.74) is 2.77. The predicted molar refractivity (Wildman–Crippen MR) is 113 cm³/mol. The molecule has 0 spiro atoms. The lowest BCUT2D eigenvalue weighted by atomic mass is 10.1. The first-order chi connectivity index (χ1) is 14.0. The molecule has 2 aromatic rings. The van der Waals surface area contributed by atoms with Gasteiger partial charge >= 0.3 is 0 Å². The number of hydrogen-bond donors (Lipinski definition) is 2. The summed E-state index contributed by atoms with van der Waals surface area (Å²) >= 11 is 0. The van der Waals surface area contributed by atoms with Gasteiger partial charge in [-0.25, -0.2) is 4.98 Å². The number of amides is 2. The van der Waals surface area contributed by atoms with Crippen molar-refractivity contribution in [3.05, 3.63) is 41.0 Å². The molecule has 0 saturated carbocycles. The number of aryl methyl sites for hydroxylation is 1. The first-order valence-corrected chi connectivity index (χ1v) is 10.4. The summed E-state index contributed by atoms with van der Waals surface area (Å²) in [6.45, 7) is 5.41. The molecule has 29 heavy (non-hydrogen) atoms. The van der Waals surface area contributed by atoms with Gasteiger partial charge in [0.2, 0.25) is 0 Å². The molecule has 0 aliphatic carbocycles. The van der Waals surface area contributed by atoms with Crippen LogP contribution in [0.1, 0.15) is 71.4 Å². The van der Waals surface area contributed by atoms with Gasteiger partial charge in [0, 0.05) is 13.1 Å². The Labute approximate surface area is 171 Å². The van der Waals surface area contributed by atoms with Crippen LogP contribution < -0.4 is 15.4 Å². The minimum Gasteiger partial charge on any atom is -0.495 e. The zero-order valence-electron chi connectivity index (χ0n) is 17.5. The van der Waals surface area contributed by atoms with Crippen LogP contribution in [0, 0.1) is 6.92 Å². The Morgan fingerprint density at radius 2 is 2.03 bits per heavy atom. The third kappa shape index (κ3) is 4.78. The van der Waals surface area contributed by atoms with Gasteiger partial charge in [0.05, 0.1) is 18.5 Å². The molecule has 7 heteroatoms. The molecule has 156 valence electrons. The van der Waals surface area contributed by atoms with E-state index in [2.05, 4.69) is 22.5 Å². The van der Waals surface area contributed by atoms with Gasteiger partial charge in [-0.1, -0.05) is 25.8 Å². The van der Waals surface area contributed by atoms with Gasteiger partial charge in [0.1, 0.15) is 5.75 Å². The molecule has 1 aromatic carbocycles. The van der Waals surface area contributed by atoms with Crippen molar-refractivity contribution in [1.29, 1.82) is 0 Å². The summed E-state index contributed by atoms with van der Waals surface area (Å²) in [7, 11) is 1.57. The van der Waals surface area contributed by atoms with Crippen molar-refractivity contribution >= 4 is 17.5 Å². The van der Waals surface area contributed by atoms with E-state index in [1.54, 1.807) is 7.11 Å². The fraction of sp³-hybridized carbons (Fsp3) is 0.500. The van der Waals surface area contributed by atoms with Crippen LogP contribution in [0.3, 0.4) is 0 Å². The monoisotopic (exact) mass is 398 g/mol. The van der Waals surface area contributed by atoms with Gasteiger partial charge in [0.15, 0.2) is 11.5 Å². The van der Waals surface area contributed by atoms with Crippen LogP contribution in [0.25, 0.3) is 0 Å². The third-order valence-electron chi connectivity index (χ3n) is 5.21. The average Bonchev–Trinajstić information content (AvgIpc) is 3.11. The summed E-state index contributed by atoms with van der Waals surface area (Å²) in [6, 6.07) is 5.61. The fourth-order valence-electron chi connectivity index (χ4n) is 3.66. The molecule has 1 aromatic heterocycles. The molecule has 0 saturated heterocycles. The second-order valence-corrected chi connectivity index (χ2v) is 7.46. The Hall–Kier alpha value is -2.83. The summed E-state index contributed by atoms with van der Waals surface area (Å²) < 4.78 is 7.26. The average molecular weight is 399 g/mol. The van der Waals surface area contributed by atoms with Gasteiger partial charge in [-0.2, -0.15) is 0 Å². The van der Waals surface area contributed by atoms with Gasteiger partial charge in [-0.15, -0.1) is 0 Å². The van der Waals surface area contributed by atoms with E-state index >= 15 is 0 Å². The van der Waals surface area contributed by atoms with Crippen LogP contribution in [-0.2, 0) is 13.0 Å². The molecule has 2 amide bonds. The lowest BCUT2D eigenvalue weighted by Gasteiger charge is -2.17. The summed E-state index contributed by atoms with van der Waals surface area (Å²) in [5.74, 6) is 0.393. The predicted octanol–water partition coefficient (Wildman–Crippen LogP) is 3.71. The number of nitrogens with one attached hydrogen (secondary N) is 2. The van der Waals surface area contributed by atoms with Crippen molar-refractivity contribution in [3.63, 3.8) is 0 Å². The molecule has 0 bridgehead atoms. The maximum atomic E-state index is 13.0. The van der Waals surface area contributed by atoms with Gasteiger partial charge in [-0.3, -0.25) is 9.59 Å². The largest absolute Gasteiger partial charge is 0.495 e. The molecule has 2 heterocycles. The standard InChI is InChI=1S/C22H30N4O3/c1-4-5-7-12-23-22(28)20-25-19(17-9-6-8-13-26(17)20)21(27)24-16-14-15(2)10-11-18(16)29-3/h10-11,14H,4-9,12-13H2,1-3H3,(H,23,28)(H,24,27). The van der Waals surface area contributed by atoms with Gasteiger partial charge < -0.3 is 19.9 Å². The molecule has 0 unspecified atom stereocenters. The summed E-state index contributed by atoms with van der Waals surface area (Å²) in [5, 5.41) is 5.85. The number of aromatic nitrogens is 2. The quantitative estimate of drug-likeness (QED) is 0.664. The lowest BCUT2D eigenvalue weighted by molar-refractivity contribution is 0.0937. The van der Waals surface area contributed by atoms with E-state index in [0.717, 1.165) is 49.8 Å². The number of rotatable bonds is 8. The number of carbonyl (C=O) groups excluding carboxylic acids is 2. The molecule has 0 atom stereocenters. The molecule has 0 radical (unpaired) electrons. The maximum Gasteiger partial charge on any atom is 0.287 e. The van der Waals surface area contributed by atoms with E-state index < -0.39 is 0 Å². The Morgan fingerprint density at radius 1 is 1.21 bits per heavy atom. The zero-order chi connectivity index (χ0) is 20.8. The van der Waals surface area contributed by atoms with Gasteiger partial charge in [0.25, 0.3) is 11.8 Å². The topological polar surface area (TPSA) is 85.2 Å². The number of fused-ring (bicyclic) bond motifs is 1. The first-order valence-electron chi connectivity index (χ1n) is 10.4. The second-order valence-electron chi connectivity index (χ2n) is 7.46. The number of hydrogen-bond acceptors (Lipinski definition) is 4. The van der Waals surface area contributed by atoms with E-state index in [4.69, 9.17) is 4.74 Å². The van der Waals surface area contributed by atoms with E-state index in [0.29, 0.717) is 36.0 Å². The number of methoxy groups -OCH3 is 1. The van der Waals surface area contributed by atoms with Crippen LogP contribution in [0.5, 0.6) is 5.75 Å². The second kappa shape index (κ2) is 9.58. The van der Waals surface area contributed by atoms with E-state index in [9.17, 15) is 9.59 Å². The minimum absolute atomic E-state index is 0.212. The van der Waals surface area contributed by atoms with Crippen molar-refractivity contribution < 1.29 is 14.3 Å². The molecule has 0 fully saturated rings.